The molecule has 1 aliphatic rings. The van der Waals surface area contributed by atoms with Gasteiger partial charge in [-0.1, -0.05) is 18.2 Å². The number of amidine groups is 1. The second-order valence-electron chi connectivity index (χ2n) is 6.18. The lowest BCUT2D eigenvalue weighted by Crippen LogP contribution is -2.47. The second-order valence-corrected chi connectivity index (χ2v) is 6.18. The molecule has 0 aromatic heterocycles. The molecule has 120 valence electrons. The molecule has 1 aromatic carbocycles. The van der Waals surface area contributed by atoms with E-state index in [-0.39, 0.29) is 11.9 Å². The Morgan fingerprint density at radius 3 is 2.82 bits per heavy atom. The monoisotopic (exact) mass is 307 g/mol. The molecule has 0 atom stereocenters. The maximum Gasteiger partial charge on any atom is 0.410 e. The molecule has 1 amide bonds. The van der Waals surface area contributed by atoms with E-state index in [2.05, 4.69) is 10.3 Å². The van der Waals surface area contributed by atoms with Crippen molar-refractivity contribution < 1.29 is 13.9 Å². The fourth-order valence-electron chi connectivity index (χ4n) is 2.05. The molecule has 0 saturated carbocycles. The Labute approximate surface area is 130 Å². The van der Waals surface area contributed by atoms with Gasteiger partial charge >= 0.3 is 6.09 Å². The molecule has 1 aliphatic heterocycles. The van der Waals surface area contributed by atoms with E-state index in [0.29, 0.717) is 37.6 Å². The summed E-state index contributed by atoms with van der Waals surface area (Å²) < 4.78 is 18.9. The number of nitrogens with one attached hydrogen (secondary N) is 1. The molecule has 0 aliphatic carbocycles. The van der Waals surface area contributed by atoms with E-state index in [4.69, 9.17) is 4.74 Å². The number of amides is 1. The first kappa shape index (κ1) is 16.3. The van der Waals surface area contributed by atoms with Gasteiger partial charge in [0.25, 0.3) is 0 Å². The van der Waals surface area contributed by atoms with Crippen molar-refractivity contribution in [2.45, 2.75) is 32.9 Å². The lowest BCUT2D eigenvalue weighted by Gasteiger charge is -2.30. The first-order chi connectivity index (χ1) is 10.3. The highest BCUT2D eigenvalue weighted by molar-refractivity contribution is 5.87. The third-order valence-corrected chi connectivity index (χ3v) is 3.11. The smallest absolute Gasteiger partial charge is 0.410 e. The van der Waals surface area contributed by atoms with Crippen LogP contribution in [-0.4, -0.2) is 42.1 Å². The Balaban J connectivity index is 1.90. The van der Waals surface area contributed by atoms with E-state index in [9.17, 15) is 9.18 Å². The van der Waals surface area contributed by atoms with E-state index in [1.54, 1.807) is 23.1 Å². The molecular weight excluding hydrogens is 285 g/mol. The molecular formula is C16H22FN3O2. The fraction of sp³-hybridized carbons (Fsp3) is 0.500. The van der Waals surface area contributed by atoms with Crippen molar-refractivity contribution in [3.05, 3.63) is 35.6 Å². The number of benzene rings is 1. The molecule has 0 radical (unpaired) electrons. The van der Waals surface area contributed by atoms with Crippen molar-refractivity contribution in [1.82, 2.24) is 10.2 Å². The third-order valence-electron chi connectivity index (χ3n) is 3.11. The molecule has 0 bridgehead atoms. The van der Waals surface area contributed by atoms with Gasteiger partial charge in [0.2, 0.25) is 0 Å². The summed E-state index contributed by atoms with van der Waals surface area (Å²) in [7, 11) is 0. The molecule has 6 heteroatoms. The number of hydrogen-bond acceptors (Lipinski definition) is 4. The van der Waals surface area contributed by atoms with Crippen molar-refractivity contribution in [1.29, 1.82) is 0 Å². The summed E-state index contributed by atoms with van der Waals surface area (Å²) in [5.74, 6) is 0.413. The molecule has 0 saturated heterocycles. The zero-order chi connectivity index (χ0) is 16.2. The summed E-state index contributed by atoms with van der Waals surface area (Å²) >= 11 is 0. The highest BCUT2D eigenvalue weighted by Gasteiger charge is 2.24. The van der Waals surface area contributed by atoms with E-state index in [0.717, 1.165) is 0 Å². The van der Waals surface area contributed by atoms with Crippen LogP contribution in [0.5, 0.6) is 0 Å². The minimum Gasteiger partial charge on any atom is -0.444 e. The minimum absolute atomic E-state index is 0.254. The van der Waals surface area contributed by atoms with Crippen LogP contribution in [-0.2, 0) is 11.3 Å². The number of aliphatic imine (C=N–C) groups is 1. The van der Waals surface area contributed by atoms with Crippen LogP contribution in [0.15, 0.2) is 29.3 Å². The fourth-order valence-corrected chi connectivity index (χ4v) is 2.05. The Hall–Kier alpha value is -2.11. The van der Waals surface area contributed by atoms with Crippen molar-refractivity contribution in [3.63, 3.8) is 0 Å². The average Bonchev–Trinajstić information content (AvgIpc) is 2.45. The number of halogens is 1. The highest BCUT2D eigenvalue weighted by Crippen LogP contribution is 2.11. The number of ether oxygens (including phenoxy) is 1. The summed E-state index contributed by atoms with van der Waals surface area (Å²) in [5.41, 5.74) is 0.0477. The van der Waals surface area contributed by atoms with Crippen LogP contribution in [0.4, 0.5) is 9.18 Å². The molecule has 5 nitrogen and oxygen atoms in total. The van der Waals surface area contributed by atoms with Crippen LogP contribution in [0.1, 0.15) is 26.3 Å². The Kier molecular flexibility index (Phi) is 5.00. The lowest BCUT2D eigenvalue weighted by atomic mass is 10.2. The molecule has 1 N–H and O–H groups in total. The van der Waals surface area contributed by atoms with Gasteiger partial charge in [0.1, 0.15) is 17.3 Å². The number of hydrogen-bond donors (Lipinski definition) is 1. The standard InChI is InChI=1S/C16H22FN3O2/c1-16(2,3)22-15(21)20-9-8-18-14(11-20)19-10-12-6-4-5-7-13(12)17/h4-7H,8-11H2,1-3H3,(H,18,19). The topological polar surface area (TPSA) is 53.9 Å². The Morgan fingerprint density at radius 1 is 1.41 bits per heavy atom. The predicted molar refractivity (Wildman–Crippen MR) is 83.3 cm³/mol. The van der Waals surface area contributed by atoms with Gasteiger partial charge in [0, 0.05) is 18.7 Å². The summed E-state index contributed by atoms with van der Waals surface area (Å²) in [5, 5.41) is 3.09. The van der Waals surface area contributed by atoms with Gasteiger partial charge in [0.15, 0.2) is 0 Å². The van der Waals surface area contributed by atoms with Crippen molar-refractivity contribution in [2.75, 3.05) is 19.6 Å². The molecule has 0 spiro atoms. The van der Waals surface area contributed by atoms with Gasteiger partial charge < -0.3 is 10.1 Å². The number of rotatable bonds is 2. The van der Waals surface area contributed by atoms with Crippen LogP contribution in [0.25, 0.3) is 0 Å². The van der Waals surface area contributed by atoms with Gasteiger partial charge in [-0.2, -0.15) is 0 Å². The van der Waals surface area contributed by atoms with Crippen LogP contribution in [0, 0.1) is 5.82 Å². The lowest BCUT2D eigenvalue weighted by molar-refractivity contribution is 0.0276. The van der Waals surface area contributed by atoms with Crippen LogP contribution >= 0.6 is 0 Å². The second kappa shape index (κ2) is 6.77. The molecule has 1 aromatic rings. The minimum atomic E-state index is -0.521. The molecule has 2 rings (SSSR count). The van der Waals surface area contributed by atoms with E-state index in [1.165, 1.54) is 6.07 Å². The Bertz CT molecular complexity index is 567. The quantitative estimate of drug-likeness (QED) is 0.913. The van der Waals surface area contributed by atoms with E-state index < -0.39 is 5.60 Å². The van der Waals surface area contributed by atoms with Gasteiger partial charge in [-0.15, -0.1) is 0 Å². The summed E-state index contributed by atoms with van der Waals surface area (Å²) in [6.07, 6.45) is -0.354. The zero-order valence-corrected chi connectivity index (χ0v) is 13.2. The van der Waals surface area contributed by atoms with E-state index in [1.807, 2.05) is 20.8 Å². The van der Waals surface area contributed by atoms with Gasteiger partial charge in [-0.3, -0.25) is 9.89 Å². The normalized spacial score (nSPS) is 15.3. The van der Waals surface area contributed by atoms with Crippen LogP contribution < -0.4 is 5.32 Å². The van der Waals surface area contributed by atoms with E-state index >= 15 is 0 Å². The number of carbonyl (C=O) groups is 1. The van der Waals surface area contributed by atoms with Gasteiger partial charge in [0.05, 0.1) is 13.1 Å². The largest absolute Gasteiger partial charge is 0.444 e. The number of nitrogens with zero attached hydrogens (tertiary/aromatic N) is 2. The molecule has 22 heavy (non-hydrogen) atoms. The first-order valence-corrected chi connectivity index (χ1v) is 7.34. The first-order valence-electron chi connectivity index (χ1n) is 7.34. The Morgan fingerprint density at radius 2 is 2.14 bits per heavy atom. The van der Waals surface area contributed by atoms with Gasteiger partial charge in [-0.25, -0.2) is 9.18 Å². The summed E-state index contributed by atoms with van der Waals surface area (Å²) in [4.78, 5) is 18.0. The van der Waals surface area contributed by atoms with Crippen molar-refractivity contribution in [3.8, 4) is 0 Å². The summed E-state index contributed by atoms with van der Waals surface area (Å²) in [6, 6.07) is 6.58. The molecule has 0 unspecified atom stereocenters. The van der Waals surface area contributed by atoms with Crippen LogP contribution in [0.2, 0.25) is 0 Å². The van der Waals surface area contributed by atoms with Crippen molar-refractivity contribution >= 4 is 11.9 Å². The maximum absolute atomic E-state index is 13.6. The number of carbonyl (C=O) groups excluding carboxylic acids is 1. The average molecular weight is 307 g/mol. The SMILES string of the molecule is CC(C)(C)OC(=O)N1CCN=C(NCc2ccccc2F)C1. The maximum atomic E-state index is 13.6. The zero-order valence-electron chi connectivity index (χ0n) is 13.2. The third kappa shape index (κ3) is 4.72. The molecule has 0 fully saturated rings. The van der Waals surface area contributed by atoms with Gasteiger partial charge in [-0.05, 0) is 26.8 Å². The predicted octanol–water partition coefficient (Wildman–Crippen LogP) is 2.56. The summed E-state index contributed by atoms with van der Waals surface area (Å²) in [6.45, 7) is 7.23. The van der Waals surface area contributed by atoms with Crippen LogP contribution in [0.3, 0.4) is 0 Å². The molecule has 1 heterocycles. The van der Waals surface area contributed by atoms with Crippen molar-refractivity contribution in [2.24, 2.45) is 4.99 Å². The highest BCUT2D eigenvalue weighted by atomic mass is 19.1.